The molecule has 2 rings (SSSR count). The number of carbonyl (C=O) groups excluding carboxylic acids is 1. The van der Waals surface area contributed by atoms with Crippen LogP contribution >= 0.6 is 0 Å². The van der Waals surface area contributed by atoms with Crippen LogP contribution in [-0.4, -0.2) is 46.6 Å². The van der Waals surface area contributed by atoms with Crippen LogP contribution in [0.2, 0.25) is 0 Å². The van der Waals surface area contributed by atoms with Crippen LogP contribution in [0, 0.1) is 10.8 Å². The smallest absolute Gasteiger partial charge is 0.312 e. The number of esters is 1. The van der Waals surface area contributed by atoms with Crippen molar-refractivity contribution in [2.75, 3.05) is 13.7 Å². The van der Waals surface area contributed by atoms with Crippen molar-refractivity contribution in [3.8, 4) is 17.1 Å². The van der Waals surface area contributed by atoms with Gasteiger partial charge in [0.15, 0.2) is 0 Å². The molecular weight excluding hydrogens is 364 g/mol. The zero-order chi connectivity index (χ0) is 21.3. The van der Waals surface area contributed by atoms with Crippen LogP contribution in [0.25, 0.3) is 11.3 Å². The quantitative estimate of drug-likeness (QED) is 0.387. The normalized spacial score (nSPS) is 10.3. The summed E-state index contributed by atoms with van der Waals surface area (Å²) < 4.78 is 9.53. The fraction of sp³-hybridized carbons (Fsp3) is 0.316. The minimum Gasteiger partial charge on any atom is -0.481 e. The van der Waals surface area contributed by atoms with Crippen molar-refractivity contribution in [2.45, 2.75) is 20.8 Å². The van der Waals surface area contributed by atoms with Crippen LogP contribution in [-0.2, 0) is 14.3 Å². The standard InChI is InChI=1S/C16H18N4O3.C3H6O2/c1-16(2,15(21)22)9-23-13-6-4-10(7-20-13)12-5-3-11(8-19-12)14(17)18;1-3(4)5-2/h3-8H,9H2,1-2H3,(H3,17,18)(H,21,22);1-2H3. The lowest BCUT2D eigenvalue weighted by Crippen LogP contribution is -2.30. The van der Waals surface area contributed by atoms with Gasteiger partial charge in [0, 0.05) is 36.5 Å². The second kappa shape index (κ2) is 10.0. The zero-order valence-electron chi connectivity index (χ0n) is 16.2. The molecule has 0 bridgehead atoms. The minimum atomic E-state index is -0.982. The first kappa shape index (κ1) is 22.6. The lowest BCUT2D eigenvalue weighted by atomic mass is 9.95. The number of carboxylic acids is 1. The highest BCUT2D eigenvalue weighted by Crippen LogP contribution is 2.21. The maximum absolute atomic E-state index is 11.0. The van der Waals surface area contributed by atoms with E-state index in [1.165, 1.54) is 20.2 Å². The molecule has 4 N–H and O–H groups in total. The molecule has 28 heavy (non-hydrogen) atoms. The SMILES string of the molecule is CC(C)(COc1ccc(-c2ccc(C(=N)N)cn2)cn1)C(=O)O.COC(C)=O. The number of carboxylic acid groups (broad SMARTS) is 1. The average molecular weight is 388 g/mol. The van der Waals surface area contributed by atoms with Crippen molar-refractivity contribution in [2.24, 2.45) is 11.1 Å². The second-order valence-electron chi connectivity index (χ2n) is 6.40. The van der Waals surface area contributed by atoms with Crippen molar-refractivity contribution in [1.29, 1.82) is 5.41 Å². The summed E-state index contributed by atoms with van der Waals surface area (Å²) in [7, 11) is 1.35. The summed E-state index contributed by atoms with van der Waals surface area (Å²) >= 11 is 0. The van der Waals surface area contributed by atoms with Crippen molar-refractivity contribution < 1.29 is 24.2 Å². The number of amidine groups is 1. The molecule has 0 aliphatic carbocycles. The van der Waals surface area contributed by atoms with Gasteiger partial charge < -0.3 is 20.3 Å². The number of nitrogens with zero attached hydrogens (tertiary/aromatic N) is 2. The van der Waals surface area contributed by atoms with E-state index >= 15 is 0 Å². The fourth-order valence-electron chi connectivity index (χ4n) is 1.66. The summed E-state index contributed by atoms with van der Waals surface area (Å²) in [6, 6.07) is 6.91. The number of methoxy groups -OCH3 is 1. The van der Waals surface area contributed by atoms with E-state index in [-0.39, 0.29) is 18.4 Å². The molecule has 0 aliphatic rings. The molecule has 2 aromatic heterocycles. The van der Waals surface area contributed by atoms with Gasteiger partial charge in [0.2, 0.25) is 5.88 Å². The molecule has 2 heterocycles. The Bertz CT molecular complexity index is 817. The van der Waals surface area contributed by atoms with Crippen LogP contribution in [0.15, 0.2) is 36.7 Å². The molecule has 0 aliphatic heterocycles. The van der Waals surface area contributed by atoms with E-state index in [1.54, 1.807) is 44.3 Å². The number of rotatable bonds is 6. The van der Waals surface area contributed by atoms with Crippen LogP contribution in [0.5, 0.6) is 5.88 Å². The average Bonchev–Trinajstić information content (AvgIpc) is 2.67. The number of nitrogens with one attached hydrogen (secondary N) is 1. The van der Waals surface area contributed by atoms with Gasteiger partial charge in [0.1, 0.15) is 12.4 Å². The van der Waals surface area contributed by atoms with Gasteiger partial charge >= 0.3 is 11.9 Å². The third-order valence-corrected chi connectivity index (χ3v) is 3.55. The van der Waals surface area contributed by atoms with E-state index in [1.807, 2.05) is 0 Å². The second-order valence-corrected chi connectivity index (χ2v) is 6.40. The molecule has 9 nitrogen and oxygen atoms in total. The molecule has 0 fully saturated rings. The van der Waals surface area contributed by atoms with Crippen molar-refractivity contribution >= 4 is 17.8 Å². The lowest BCUT2D eigenvalue weighted by molar-refractivity contribution is -0.148. The van der Waals surface area contributed by atoms with Crippen molar-refractivity contribution in [1.82, 2.24) is 9.97 Å². The largest absolute Gasteiger partial charge is 0.481 e. The van der Waals surface area contributed by atoms with E-state index in [0.717, 1.165) is 5.56 Å². The van der Waals surface area contributed by atoms with E-state index in [9.17, 15) is 9.59 Å². The third-order valence-electron chi connectivity index (χ3n) is 3.55. The monoisotopic (exact) mass is 388 g/mol. The number of hydrogen-bond donors (Lipinski definition) is 3. The number of nitrogen functional groups attached to an aromatic ring is 1. The van der Waals surface area contributed by atoms with Crippen LogP contribution in [0.3, 0.4) is 0 Å². The van der Waals surface area contributed by atoms with Gasteiger partial charge in [-0.25, -0.2) is 4.98 Å². The number of hydrogen-bond acceptors (Lipinski definition) is 7. The molecule has 0 radical (unpaired) electrons. The van der Waals surface area contributed by atoms with Gasteiger partial charge in [-0.3, -0.25) is 20.0 Å². The Morgan fingerprint density at radius 2 is 1.82 bits per heavy atom. The van der Waals surface area contributed by atoms with Gasteiger partial charge in [0.25, 0.3) is 0 Å². The highest BCUT2D eigenvalue weighted by molar-refractivity contribution is 5.94. The number of ether oxygens (including phenoxy) is 2. The maximum Gasteiger partial charge on any atom is 0.312 e. The number of aliphatic carboxylic acids is 1. The summed E-state index contributed by atoms with van der Waals surface area (Å²) in [4.78, 5) is 29.0. The summed E-state index contributed by atoms with van der Waals surface area (Å²) in [6.45, 7) is 4.56. The Kier molecular flexibility index (Phi) is 8.06. The van der Waals surface area contributed by atoms with Crippen LogP contribution in [0.4, 0.5) is 0 Å². The summed E-state index contributed by atoms with van der Waals surface area (Å²) in [5.41, 5.74) is 6.43. The number of carbonyl (C=O) groups is 2. The third kappa shape index (κ3) is 7.02. The minimum absolute atomic E-state index is 0.0280. The molecule has 0 aromatic carbocycles. The molecule has 2 aromatic rings. The first-order chi connectivity index (χ1) is 13.1. The Morgan fingerprint density at radius 3 is 2.21 bits per heavy atom. The predicted octanol–water partition coefficient (Wildman–Crippen LogP) is 2.10. The summed E-state index contributed by atoms with van der Waals surface area (Å²) in [6.07, 6.45) is 3.12. The molecule has 0 amide bonds. The highest BCUT2D eigenvalue weighted by Gasteiger charge is 2.28. The van der Waals surface area contributed by atoms with Gasteiger partial charge in [0.05, 0.1) is 18.2 Å². The number of aromatic nitrogens is 2. The Morgan fingerprint density at radius 1 is 1.18 bits per heavy atom. The molecule has 0 spiro atoms. The number of pyridine rings is 2. The lowest BCUT2D eigenvalue weighted by Gasteiger charge is -2.18. The topological polar surface area (TPSA) is 148 Å². The van der Waals surface area contributed by atoms with E-state index in [4.69, 9.17) is 21.0 Å². The molecular formula is C19H24N4O5. The Hall–Kier alpha value is -3.49. The van der Waals surface area contributed by atoms with Gasteiger partial charge in [-0.2, -0.15) is 0 Å². The molecule has 0 unspecified atom stereocenters. The fourth-order valence-corrected chi connectivity index (χ4v) is 1.66. The molecule has 0 saturated carbocycles. The van der Waals surface area contributed by atoms with Crippen LogP contribution < -0.4 is 10.5 Å². The zero-order valence-corrected chi connectivity index (χ0v) is 16.2. The van der Waals surface area contributed by atoms with E-state index in [2.05, 4.69) is 14.7 Å². The first-order valence-electron chi connectivity index (χ1n) is 8.24. The molecule has 0 saturated heterocycles. The molecule has 9 heteroatoms. The summed E-state index contributed by atoms with van der Waals surface area (Å²) in [5.74, 6) is -0.857. The first-order valence-corrected chi connectivity index (χ1v) is 8.24. The van der Waals surface area contributed by atoms with Crippen molar-refractivity contribution in [3.05, 3.63) is 42.2 Å². The van der Waals surface area contributed by atoms with E-state index < -0.39 is 11.4 Å². The highest BCUT2D eigenvalue weighted by atomic mass is 16.5. The molecule has 0 atom stereocenters. The van der Waals surface area contributed by atoms with Gasteiger partial charge in [-0.15, -0.1) is 0 Å². The van der Waals surface area contributed by atoms with Gasteiger partial charge in [-0.05, 0) is 32.0 Å². The number of nitrogens with two attached hydrogens (primary N) is 1. The van der Waals surface area contributed by atoms with E-state index in [0.29, 0.717) is 17.1 Å². The summed E-state index contributed by atoms with van der Waals surface area (Å²) in [5, 5.41) is 16.4. The molecule has 150 valence electrons. The maximum atomic E-state index is 11.0. The van der Waals surface area contributed by atoms with Crippen LogP contribution in [0.1, 0.15) is 26.3 Å². The Labute approximate surface area is 163 Å². The van der Waals surface area contributed by atoms with Gasteiger partial charge in [-0.1, -0.05) is 0 Å². The predicted molar refractivity (Wildman–Crippen MR) is 103 cm³/mol. The Balaban J connectivity index is 0.000000696. The van der Waals surface area contributed by atoms with Crippen molar-refractivity contribution in [3.63, 3.8) is 0 Å².